The normalized spacial score (nSPS) is 17.4. The van der Waals surface area contributed by atoms with Gasteiger partial charge >= 0.3 is 0 Å². The zero-order valence-electron chi connectivity index (χ0n) is 12.6. The smallest absolute Gasteiger partial charge is 0.0409 e. The maximum Gasteiger partial charge on any atom is -0.0409 e. The van der Waals surface area contributed by atoms with Gasteiger partial charge in [0, 0.05) is 0 Å². The van der Waals surface area contributed by atoms with Crippen molar-refractivity contribution in [1.29, 1.82) is 0 Å². The van der Waals surface area contributed by atoms with Crippen molar-refractivity contribution in [2.75, 3.05) is 0 Å². The van der Waals surface area contributed by atoms with Crippen molar-refractivity contribution in [3.05, 3.63) is 0 Å². The van der Waals surface area contributed by atoms with Crippen LogP contribution in [0, 0.1) is 23.7 Å². The Balaban J connectivity index is 4.04. The highest BCUT2D eigenvalue weighted by molar-refractivity contribution is 4.67. The molecule has 0 rings (SSSR count). The molecule has 0 spiro atoms. The predicted molar refractivity (Wildman–Crippen MR) is 75.7 cm³/mol. The van der Waals surface area contributed by atoms with Crippen molar-refractivity contribution in [2.24, 2.45) is 23.7 Å². The SMILES string of the molecule is CCC(C)CC(CCC(C)C)CC(C)CC. The van der Waals surface area contributed by atoms with Crippen LogP contribution >= 0.6 is 0 Å². The molecule has 0 aliphatic heterocycles. The Bertz CT molecular complexity index is 136. The molecule has 98 valence electrons. The van der Waals surface area contributed by atoms with Crippen LogP contribution in [-0.2, 0) is 0 Å². The second-order valence-corrected chi connectivity index (χ2v) is 6.34. The van der Waals surface area contributed by atoms with Crippen LogP contribution < -0.4 is 0 Å². The molecule has 0 aromatic rings. The van der Waals surface area contributed by atoms with Gasteiger partial charge in [0.05, 0.1) is 0 Å². The van der Waals surface area contributed by atoms with Crippen LogP contribution in [0.15, 0.2) is 0 Å². The summed E-state index contributed by atoms with van der Waals surface area (Å²) in [6.07, 6.45) is 8.46. The average Bonchev–Trinajstić information content (AvgIpc) is 2.25. The first-order chi connectivity index (χ1) is 7.49. The molecule has 0 bridgehead atoms. The minimum atomic E-state index is 0.872. The van der Waals surface area contributed by atoms with Gasteiger partial charge in [-0.15, -0.1) is 0 Å². The molecule has 16 heavy (non-hydrogen) atoms. The van der Waals surface area contributed by atoms with Crippen LogP contribution in [0.2, 0.25) is 0 Å². The lowest BCUT2D eigenvalue weighted by molar-refractivity contribution is 0.283. The molecule has 0 saturated carbocycles. The predicted octanol–water partition coefficient (Wildman–Crippen LogP) is 5.91. The van der Waals surface area contributed by atoms with E-state index in [1.165, 1.54) is 38.5 Å². The van der Waals surface area contributed by atoms with Crippen LogP contribution in [0.4, 0.5) is 0 Å². The molecule has 2 atom stereocenters. The minimum absolute atomic E-state index is 0.872. The number of hydrogen-bond acceptors (Lipinski definition) is 0. The first-order valence-corrected chi connectivity index (χ1v) is 7.49. The van der Waals surface area contributed by atoms with Crippen LogP contribution in [0.5, 0.6) is 0 Å². The zero-order valence-corrected chi connectivity index (χ0v) is 12.6. The molecular formula is C16H34. The Kier molecular flexibility index (Phi) is 9.07. The highest BCUT2D eigenvalue weighted by Gasteiger charge is 2.15. The summed E-state index contributed by atoms with van der Waals surface area (Å²) in [4.78, 5) is 0. The molecule has 0 saturated heterocycles. The summed E-state index contributed by atoms with van der Waals surface area (Å²) < 4.78 is 0. The maximum absolute atomic E-state index is 2.42. The van der Waals surface area contributed by atoms with Crippen molar-refractivity contribution >= 4 is 0 Å². The third kappa shape index (κ3) is 8.19. The summed E-state index contributed by atoms with van der Waals surface area (Å²) in [6.45, 7) is 14.2. The molecule has 0 aromatic heterocycles. The molecular weight excluding hydrogens is 192 g/mol. The van der Waals surface area contributed by atoms with Crippen molar-refractivity contribution in [2.45, 2.75) is 80.1 Å². The summed E-state index contributed by atoms with van der Waals surface area (Å²) in [7, 11) is 0. The quantitative estimate of drug-likeness (QED) is 0.458. The Labute approximate surface area is 104 Å². The van der Waals surface area contributed by atoms with Gasteiger partial charge in [-0.1, -0.05) is 67.2 Å². The molecule has 0 heterocycles. The summed E-state index contributed by atoms with van der Waals surface area (Å²) in [5.74, 6) is 3.69. The Morgan fingerprint density at radius 1 is 0.688 bits per heavy atom. The van der Waals surface area contributed by atoms with E-state index in [9.17, 15) is 0 Å². The van der Waals surface area contributed by atoms with Crippen LogP contribution in [0.25, 0.3) is 0 Å². The third-order valence-corrected chi connectivity index (χ3v) is 4.02. The van der Waals surface area contributed by atoms with Crippen LogP contribution in [0.3, 0.4) is 0 Å². The maximum atomic E-state index is 2.42. The zero-order chi connectivity index (χ0) is 12.6. The molecule has 0 amide bonds. The fourth-order valence-electron chi connectivity index (χ4n) is 2.37. The van der Waals surface area contributed by atoms with E-state index in [2.05, 4.69) is 41.5 Å². The third-order valence-electron chi connectivity index (χ3n) is 4.02. The molecule has 0 nitrogen and oxygen atoms in total. The Morgan fingerprint density at radius 2 is 1.12 bits per heavy atom. The minimum Gasteiger partial charge on any atom is -0.0651 e. The van der Waals surface area contributed by atoms with Gasteiger partial charge in [-0.25, -0.2) is 0 Å². The molecule has 0 aromatic carbocycles. The van der Waals surface area contributed by atoms with E-state index in [-0.39, 0.29) is 0 Å². The molecule has 0 fully saturated rings. The van der Waals surface area contributed by atoms with E-state index in [1.54, 1.807) is 0 Å². The average molecular weight is 226 g/mol. The van der Waals surface area contributed by atoms with Gasteiger partial charge in [0.15, 0.2) is 0 Å². The van der Waals surface area contributed by atoms with E-state index < -0.39 is 0 Å². The van der Waals surface area contributed by atoms with E-state index >= 15 is 0 Å². The van der Waals surface area contributed by atoms with Crippen LogP contribution in [-0.4, -0.2) is 0 Å². The van der Waals surface area contributed by atoms with Gasteiger partial charge in [0.1, 0.15) is 0 Å². The lowest BCUT2D eigenvalue weighted by Crippen LogP contribution is -2.11. The highest BCUT2D eigenvalue weighted by atomic mass is 14.2. The summed E-state index contributed by atoms with van der Waals surface area (Å²) in [5, 5.41) is 0. The van der Waals surface area contributed by atoms with Gasteiger partial charge in [-0.2, -0.15) is 0 Å². The molecule has 0 heteroatoms. The van der Waals surface area contributed by atoms with Crippen molar-refractivity contribution in [3.8, 4) is 0 Å². The van der Waals surface area contributed by atoms with Crippen molar-refractivity contribution < 1.29 is 0 Å². The fourth-order valence-corrected chi connectivity index (χ4v) is 2.37. The first-order valence-electron chi connectivity index (χ1n) is 7.49. The monoisotopic (exact) mass is 226 g/mol. The standard InChI is InChI=1S/C16H34/c1-7-14(5)11-16(10-9-13(3)4)12-15(6)8-2/h13-16H,7-12H2,1-6H3. The number of hydrogen-bond donors (Lipinski definition) is 0. The largest absolute Gasteiger partial charge is 0.0651 e. The highest BCUT2D eigenvalue weighted by Crippen LogP contribution is 2.28. The Morgan fingerprint density at radius 3 is 1.44 bits per heavy atom. The van der Waals surface area contributed by atoms with Gasteiger partial charge < -0.3 is 0 Å². The topological polar surface area (TPSA) is 0 Å². The van der Waals surface area contributed by atoms with Gasteiger partial charge in [0.25, 0.3) is 0 Å². The lowest BCUT2D eigenvalue weighted by Gasteiger charge is -2.24. The lowest BCUT2D eigenvalue weighted by atomic mass is 9.82. The van der Waals surface area contributed by atoms with Gasteiger partial charge in [0.2, 0.25) is 0 Å². The van der Waals surface area contributed by atoms with E-state index in [0.717, 1.165) is 23.7 Å². The molecule has 0 aliphatic carbocycles. The van der Waals surface area contributed by atoms with Crippen molar-refractivity contribution in [3.63, 3.8) is 0 Å². The Hall–Kier alpha value is 0. The fraction of sp³-hybridized carbons (Fsp3) is 1.00. The molecule has 0 radical (unpaired) electrons. The molecule has 2 unspecified atom stereocenters. The van der Waals surface area contributed by atoms with E-state index in [4.69, 9.17) is 0 Å². The number of rotatable bonds is 9. The second-order valence-electron chi connectivity index (χ2n) is 6.34. The molecule has 0 N–H and O–H groups in total. The first kappa shape index (κ1) is 16.0. The summed E-state index contributed by atoms with van der Waals surface area (Å²) in [5.41, 5.74) is 0. The second kappa shape index (κ2) is 9.07. The van der Waals surface area contributed by atoms with Gasteiger partial charge in [-0.05, 0) is 36.5 Å². The van der Waals surface area contributed by atoms with E-state index in [0.29, 0.717) is 0 Å². The van der Waals surface area contributed by atoms with Gasteiger partial charge in [-0.3, -0.25) is 0 Å². The van der Waals surface area contributed by atoms with E-state index in [1.807, 2.05) is 0 Å². The van der Waals surface area contributed by atoms with Crippen molar-refractivity contribution in [1.82, 2.24) is 0 Å². The summed E-state index contributed by atoms with van der Waals surface area (Å²) >= 11 is 0. The molecule has 0 aliphatic rings. The van der Waals surface area contributed by atoms with Crippen LogP contribution in [0.1, 0.15) is 80.1 Å². The summed E-state index contributed by atoms with van der Waals surface area (Å²) in [6, 6.07) is 0.